The molecule has 1 atom stereocenters. The smallest absolute Gasteiger partial charge is 0.223 e. The number of nitrogens with zero attached hydrogens (tertiary/aromatic N) is 1. The van der Waals surface area contributed by atoms with Crippen molar-refractivity contribution in [2.24, 2.45) is 0 Å². The van der Waals surface area contributed by atoms with Crippen LogP contribution in [-0.2, 0) is 11.2 Å². The maximum Gasteiger partial charge on any atom is 0.223 e. The molecule has 0 aliphatic heterocycles. The second-order valence-electron chi connectivity index (χ2n) is 5.51. The Morgan fingerprint density at radius 1 is 1.29 bits per heavy atom. The highest BCUT2D eigenvalue weighted by molar-refractivity contribution is 5.76. The maximum absolute atomic E-state index is 12.5. The summed E-state index contributed by atoms with van der Waals surface area (Å²) in [5.74, 6) is 1.12. The Labute approximate surface area is 129 Å². The van der Waals surface area contributed by atoms with Gasteiger partial charge in [0.1, 0.15) is 5.75 Å². The molecule has 0 aliphatic carbocycles. The molecule has 0 spiro atoms. The van der Waals surface area contributed by atoms with Gasteiger partial charge in [-0.15, -0.1) is 0 Å². The number of benzene rings is 1. The number of methoxy groups -OCH3 is 1. The van der Waals surface area contributed by atoms with E-state index in [1.165, 1.54) is 0 Å². The summed E-state index contributed by atoms with van der Waals surface area (Å²) in [4.78, 5) is 14.5. The average Bonchev–Trinajstić information content (AvgIpc) is 2.53. The van der Waals surface area contributed by atoms with Crippen LogP contribution in [0.15, 0.2) is 24.3 Å². The number of para-hydroxylation sites is 1. The van der Waals surface area contributed by atoms with Crippen LogP contribution in [0.25, 0.3) is 0 Å². The molecule has 0 heterocycles. The first-order chi connectivity index (χ1) is 10.1. The van der Waals surface area contributed by atoms with E-state index >= 15 is 0 Å². The molecule has 0 fully saturated rings. The van der Waals surface area contributed by atoms with E-state index in [1.54, 1.807) is 7.11 Å². The van der Waals surface area contributed by atoms with Crippen molar-refractivity contribution < 1.29 is 9.53 Å². The van der Waals surface area contributed by atoms with Crippen molar-refractivity contribution in [3.05, 3.63) is 29.8 Å². The second kappa shape index (κ2) is 9.43. The van der Waals surface area contributed by atoms with Gasteiger partial charge in [-0.3, -0.25) is 4.79 Å². The minimum absolute atomic E-state index is 0.253. The minimum Gasteiger partial charge on any atom is -0.496 e. The fourth-order valence-electron chi connectivity index (χ4n) is 2.43. The zero-order valence-corrected chi connectivity index (χ0v) is 13.9. The molecule has 3 nitrogen and oxygen atoms in total. The van der Waals surface area contributed by atoms with Crippen LogP contribution in [0, 0.1) is 0 Å². The number of amides is 1. The van der Waals surface area contributed by atoms with Crippen molar-refractivity contribution >= 4 is 5.91 Å². The third-order valence-corrected chi connectivity index (χ3v) is 4.00. The Morgan fingerprint density at radius 2 is 2.00 bits per heavy atom. The molecule has 0 radical (unpaired) electrons. The Morgan fingerprint density at radius 3 is 2.62 bits per heavy atom. The SMILES string of the molecule is CCCCN(C(=O)CCc1ccccc1OC)C(C)CC. The van der Waals surface area contributed by atoms with E-state index in [0.717, 1.165) is 43.5 Å². The number of ether oxygens (including phenoxy) is 1. The van der Waals surface area contributed by atoms with E-state index in [1.807, 2.05) is 29.2 Å². The molecular formula is C18H29NO2. The summed E-state index contributed by atoms with van der Waals surface area (Å²) in [5.41, 5.74) is 1.10. The Hall–Kier alpha value is -1.51. The molecule has 1 rings (SSSR count). The van der Waals surface area contributed by atoms with Gasteiger partial charge in [-0.25, -0.2) is 0 Å². The largest absolute Gasteiger partial charge is 0.496 e. The van der Waals surface area contributed by atoms with E-state index < -0.39 is 0 Å². The first-order valence-electron chi connectivity index (χ1n) is 8.05. The summed E-state index contributed by atoms with van der Waals surface area (Å²) >= 11 is 0. The first kappa shape index (κ1) is 17.5. The minimum atomic E-state index is 0.253. The second-order valence-corrected chi connectivity index (χ2v) is 5.51. The van der Waals surface area contributed by atoms with Crippen molar-refractivity contribution in [1.29, 1.82) is 0 Å². The molecular weight excluding hydrogens is 262 g/mol. The van der Waals surface area contributed by atoms with Crippen molar-refractivity contribution in [3.8, 4) is 5.75 Å². The van der Waals surface area contributed by atoms with Gasteiger partial charge in [-0.2, -0.15) is 0 Å². The Kier molecular flexibility index (Phi) is 7.88. The Bertz CT molecular complexity index is 431. The molecule has 118 valence electrons. The quantitative estimate of drug-likeness (QED) is 0.687. The molecule has 0 saturated heterocycles. The molecule has 1 amide bonds. The fourth-order valence-corrected chi connectivity index (χ4v) is 2.43. The van der Waals surface area contributed by atoms with Crippen LogP contribution >= 0.6 is 0 Å². The summed E-state index contributed by atoms with van der Waals surface area (Å²) in [6.45, 7) is 7.30. The summed E-state index contributed by atoms with van der Waals surface area (Å²) in [6, 6.07) is 8.25. The van der Waals surface area contributed by atoms with Crippen LogP contribution in [0.2, 0.25) is 0 Å². The normalized spacial score (nSPS) is 12.0. The highest BCUT2D eigenvalue weighted by Gasteiger charge is 2.18. The van der Waals surface area contributed by atoms with Crippen molar-refractivity contribution in [2.75, 3.05) is 13.7 Å². The van der Waals surface area contributed by atoms with Gasteiger partial charge in [0.2, 0.25) is 5.91 Å². The number of carbonyl (C=O) groups is 1. The number of aryl methyl sites for hydroxylation is 1. The van der Waals surface area contributed by atoms with Gasteiger partial charge in [0.25, 0.3) is 0 Å². The third kappa shape index (κ3) is 5.41. The van der Waals surface area contributed by atoms with Crippen molar-refractivity contribution in [1.82, 2.24) is 4.90 Å². The van der Waals surface area contributed by atoms with Gasteiger partial charge in [0.05, 0.1) is 7.11 Å². The fraction of sp³-hybridized carbons (Fsp3) is 0.611. The molecule has 1 aromatic carbocycles. The lowest BCUT2D eigenvalue weighted by Crippen LogP contribution is -2.39. The van der Waals surface area contributed by atoms with Crippen LogP contribution in [0.1, 0.15) is 52.0 Å². The molecule has 0 N–H and O–H groups in total. The Balaban J connectivity index is 2.64. The van der Waals surface area contributed by atoms with Crippen LogP contribution in [0.5, 0.6) is 5.75 Å². The summed E-state index contributed by atoms with van der Waals surface area (Å²) < 4.78 is 5.35. The topological polar surface area (TPSA) is 29.5 Å². The van der Waals surface area contributed by atoms with Gasteiger partial charge in [-0.05, 0) is 37.8 Å². The molecule has 1 unspecified atom stereocenters. The monoisotopic (exact) mass is 291 g/mol. The molecule has 3 heteroatoms. The lowest BCUT2D eigenvalue weighted by molar-refractivity contribution is -0.133. The summed E-state index contributed by atoms with van der Waals surface area (Å²) in [6.07, 6.45) is 4.48. The predicted molar refractivity (Wildman–Crippen MR) is 87.7 cm³/mol. The predicted octanol–water partition coefficient (Wildman–Crippen LogP) is 4.06. The van der Waals surface area contributed by atoms with E-state index in [-0.39, 0.29) is 5.91 Å². The maximum atomic E-state index is 12.5. The van der Waals surface area contributed by atoms with E-state index in [2.05, 4.69) is 20.8 Å². The first-order valence-corrected chi connectivity index (χ1v) is 8.05. The average molecular weight is 291 g/mol. The molecule has 21 heavy (non-hydrogen) atoms. The van der Waals surface area contributed by atoms with Crippen LogP contribution in [0.4, 0.5) is 0 Å². The zero-order chi connectivity index (χ0) is 15.7. The lowest BCUT2D eigenvalue weighted by atomic mass is 10.1. The van der Waals surface area contributed by atoms with E-state index in [4.69, 9.17) is 4.74 Å². The van der Waals surface area contributed by atoms with Crippen molar-refractivity contribution in [3.63, 3.8) is 0 Å². The van der Waals surface area contributed by atoms with Crippen LogP contribution in [0.3, 0.4) is 0 Å². The molecule has 0 aliphatic rings. The van der Waals surface area contributed by atoms with Gasteiger partial charge >= 0.3 is 0 Å². The molecule has 0 aromatic heterocycles. The van der Waals surface area contributed by atoms with Gasteiger partial charge < -0.3 is 9.64 Å². The third-order valence-electron chi connectivity index (χ3n) is 4.00. The summed E-state index contributed by atoms with van der Waals surface area (Å²) in [5, 5.41) is 0. The number of carbonyl (C=O) groups excluding carboxylic acids is 1. The number of hydrogen-bond acceptors (Lipinski definition) is 2. The van der Waals surface area contributed by atoms with Crippen molar-refractivity contribution in [2.45, 2.75) is 58.9 Å². The van der Waals surface area contributed by atoms with Crippen LogP contribution < -0.4 is 4.74 Å². The number of unbranched alkanes of at least 4 members (excludes halogenated alkanes) is 1. The lowest BCUT2D eigenvalue weighted by Gasteiger charge is -2.28. The van der Waals surface area contributed by atoms with Gasteiger partial charge in [0.15, 0.2) is 0 Å². The van der Waals surface area contributed by atoms with E-state index in [9.17, 15) is 4.79 Å². The molecule has 0 saturated carbocycles. The van der Waals surface area contributed by atoms with E-state index in [0.29, 0.717) is 12.5 Å². The van der Waals surface area contributed by atoms with Crippen LogP contribution in [-0.4, -0.2) is 30.5 Å². The molecule has 1 aromatic rings. The number of rotatable bonds is 9. The summed E-state index contributed by atoms with van der Waals surface area (Å²) in [7, 11) is 1.67. The zero-order valence-electron chi connectivity index (χ0n) is 13.9. The highest BCUT2D eigenvalue weighted by Crippen LogP contribution is 2.19. The highest BCUT2D eigenvalue weighted by atomic mass is 16.5. The molecule has 0 bridgehead atoms. The van der Waals surface area contributed by atoms with Gasteiger partial charge in [-0.1, -0.05) is 38.5 Å². The van der Waals surface area contributed by atoms with Gasteiger partial charge in [0, 0.05) is 19.0 Å². The number of hydrogen-bond donors (Lipinski definition) is 0. The standard InChI is InChI=1S/C18H29NO2/c1-5-7-14-19(15(3)6-2)18(20)13-12-16-10-8-9-11-17(16)21-4/h8-11,15H,5-7,12-14H2,1-4H3.